The Morgan fingerprint density at radius 2 is 1.87 bits per heavy atom. The fourth-order valence-corrected chi connectivity index (χ4v) is 3.59. The van der Waals surface area contributed by atoms with Gasteiger partial charge in [-0.05, 0) is 56.0 Å². The summed E-state index contributed by atoms with van der Waals surface area (Å²) in [4.78, 5) is 26.8. The number of likely N-dealkylation sites (tertiary alicyclic amines) is 1. The molecule has 2 aromatic rings. The van der Waals surface area contributed by atoms with Gasteiger partial charge in [0.1, 0.15) is 11.5 Å². The molecule has 1 fully saturated rings. The van der Waals surface area contributed by atoms with Gasteiger partial charge in [-0.15, -0.1) is 0 Å². The molecule has 0 spiro atoms. The van der Waals surface area contributed by atoms with Crippen LogP contribution in [0.2, 0.25) is 0 Å². The van der Waals surface area contributed by atoms with E-state index in [2.05, 4.69) is 5.32 Å². The number of rotatable bonds is 8. The zero-order chi connectivity index (χ0) is 21.3. The number of nitrogens with one attached hydrogen (secondary N) is 1. The van der Waals surface area contributed by atoms with Crippen molar-refractivity contribution >= 4 is 11.8 Å². The third-order valence-electron chi connectivity index (χ3n) is 5.40. The van der Waals surface area contributed by atoms with Crippen LogP contribution in [0.3, 0.4) is 0 Å². The lowest BCUT2D eigenvalue weighted by Crippen LogP contribution is -2.46. The molecule has 30 heavy (non-hydrogen) atoms. The molecule has 0 bridgehead atoms. The van der Waals surface area contributed by atoms with E-state index < -0.39 is 0 Å². The maximum atomic E-state index is 12.5. The highest BCUT2D eigenvalue weighted by atomic mass is 16.5. The summed E-state index contributed by atoms with van der Waals surface area (Å²) in [5, 5.41) is 3.07. The first-order chi connectivity index (χ1) is 14.6. The maximum Gasteiger partial charge on any atom is 0.251 e. The van der Waals surface area contributed by atoms with E-state index >= 15 is 0 Å². The van der Waals surface area contributed by atoms with Crippen LogP contribution in [-0.2, 0) is 4.79 Å². The van der Waals surface area contributed by atoms with Crippen molar-refractivity contribution in [1.82, 2.24) is 10.2 Å². The first-order valence-electron chi connectivity index (χ1n) is 10.5. The van der Waals surface area contributed by atoms with Crippen LogP contribution in [0.15, 0.2) is 48.5 Å². The highest BCUT2D eigenvalue weighted by Crippen LogP contribution is 2.18. The van der Waals surface area contributed by atoms with Gasteiger partial charge in [-0.2, -0.15) is 0 Å². The molecule has 0 unspecified atom stereocenters. The third kappa shape index (κ3) is 5.99. The van der Waals surface area contributed by atoms with Crippen LogP contribution >= 0.6 is 0 Å². The number of hydrogen-bond donors (Lipinski definition) is 1. The van der Waals surface area contributed by atoms with Crippen LogP contribution in [0.4, 0.5) is 0 Å². The summed E-state index contributed by atoms with van der Waals surface area (Å²) in [6, 6.07) is 15.1. The number of ether oxygens (including phenoxy) is 2. The second-order valence-corrected chi connectivity index (χ2v) is 7.58. The molecule has 1 saturated heterocycles. The van der Waals surface area contributed by atoms with E-state index in [1.165, 1.54) is 0 Å². The van der Waals surface area contributed by atoms with E-state index in [-0.39, 0.29) is 17.9 Å². The van der Waals surface area contributed by atoms with Crippen LogP contribution in [0.1, 0.15) is 41.6 Å². The normalized spacial score (nSPS) is 14.3. The van der Waals surface area contributed by atoms with E-state index in [1.807, 2.05) is 42.2 Å². The van der Waals surface area contributed by atoms with E-state index in [0.717, 1.165) is 24.2 Å². The Labute approximate surface area is 178 Å². The number of benzene rings is 2. The quantitative estimate of drug-likeness (QED) is 0.676. The minimum Gasteiger partial charge on any atom is -0.497 e. The predicted molar refractivity (Wildman–Crippen MR) is 116 cm³/mol. The minimum absolute atomic E-state index is 0.0807. The summed E-state index contributed by atoms with van der Waals surface area (Å²) in [5.41, 5.74) is 1.68. The fourth-order valence-electron chi connectivity index (χ4n) is 3.59. The van der Waals surface area contributed by atoms with Crippen LogP contribution < -0.4 is 14.8 Å². The van der Waals surface area contributed by atoms with Crippen LogP contribution in [0.25, 0.3) is 0 Å². The number of piperidine rings is 1. The number of carbonyl (C=O) groups is 2. The Hall–Kier alpha value is -3.02. The van der Waals surface area contributed by atoms with Gasteiger partial charge in [-0.3, -0.25) is 9.59 Å². The van der Waals surface area contributed by atoms with Crippen LogP contribution in [0.5, 0.6) is 11.5 Å². The molecule has 1 N–H and O–H groups in total. The molecule has 160 valence electrons. The number of hydrogen-bond acceptors (Lipinski definition) is 4. The molecule has 0 saturated carbocycles. The Kier molecular flexibility index (Phi) is 7.71. The van der Waals surface area contributed by atoms with Gasteiger partial charge in [0.2, 0.25) is 5.91 Å². The second kappa shape index (κ2) is 10.7. The lowest BCUT2D eigenvalue weighted by atomic mass is 10.0. The van der Waals surface area contributed by atoms with Gasteiger partial charge in [0.25, 0.3) is 5.91 Å². The van der Waals surface area contributed by atoms with Crippen molar-refractivity contribution in [2.24, 2.45) is 0 Å². The zero-order valence-electron chi connectivity index (χ0n) is 17.7. The molecule has 0 aliphatic carbocycles. The summed E-state index contributed by atoms with van der Waals surface area (Å²) in [7, 11) is 1.58. The van der Waals surface area contributed by atoms with Gasteiger partial charge in [-0.25, -0.2) is 0 Å². The van der Waals surface area contributed by atoms with Crippen molar-refractivity contribution in [3.05, 3.63) is 59.7 Å². The van der Waals surface area contributed by atoms with Gasteiger partial charge in [-0.1, -0.05) is 24.3 Å². The summed E-state index contributed by atoms with van der Waals surface area (Å²) < 4.78 is 10.9. The van der Waals surface area contributed by atoms with Crippen molar-refractivity contribution in [1.29, 1.82) is 0 Å². The number of para-hydroxylation sites is 1. The van der Waals surface area contributed by atoms with Gasteiger partial charge in [0.15, 0.2) is 0 Å². The van der Waals surface area contributed by atoms with E-state index in [1.54, 1.807) is 25.3 Å². The molecule has 2 aromatic carbocycles. The predicted octanol–water partition coefficient (Wildman–Crippen LogP) is 3.58. The molecular weight excluding hydrogens is 380 g/mol. The second-order valence-electron chi connectivity index (χ2n) is 7.58. The topological polar surface area (TPSA) is 67.9 Å². The van der Waals surface area contributed by atoms with Gasteiger partial charge >= 0.3 is 0 Å². The number of carbonyl (C=O) groups excluding carboxylic acids is 2. The molecule has 2 amide bonds. The smallest absolute Gasteiger partial charge is 0.251 e. The van der Waals surface area contributed by atoms with Crippen LogP contribution in [0, 0.1) is 6.92 Å². The minimum atomic E-state index is -0.105. The first-order valence-corrected chi connectivity index (χ1v) is 10.5. The van der Waals surface area contributed by atoms with Crippen molar-refractivity contribution in [3.8, 4) is 11.5 Å². The number of methoxy groups -OCH3 is 1. The Morgan fingerprint density at radius 1 is 1.10 bits per heavy atom. The summed E-state index contributed by atoms with van der Waals surface area (Å²) in [5.74, 6) is 1.58. The molecule has 0 radical (unpaired) electrons. The van der Waals surface area contributed by atoms with Crippen LogP contribution in [-0.4, -0.2) is 49.6 Å². The Bertz CT molecular complexity index is 860. The number of nitrogens with zero attached hydrogens (tertiary/aromatic N) is 1. The van der Waals surface area contributed by atoms with Gasteiger partial charge in [0, 0.05) is 31.1 Å². The van der Waals surface area contributed by atoms with Crippen molar-refractivity contribution in [3.63, 3.8) is 0 Å². The number of amides is 2. The van der Waals surface area contributed by atoms with Crippen molar-refractivity contribution in [2.45, 2.75) is 38.6 Å². The third-order valence-corrected chi connectivity index (χ3v) is 5.40. The van der Waals surface area contributed by atoms with Crippen molar-refractivity contribution < 1.29 is 19.1 Å². The molecule has 3 rings (SSSR count). The summed E-state index contributed by atoms with van der Waals surface area (Å²) in [6.45, 7) is 3.88. The molecule has 1 heterocycles. The molecule has 0 atom stereocenters. The summed E-state index contributed by atoms with van der Waals surface area (Å²) >= 11 is 0. The average Bonchev–Trinajstić information content (AvgIpc) is 2.78. The first kappa shape index (κ1) is 21.7. The molecule has 0 aromatic heterocycles. The largest absolute Gasteiger partial charge is 0.497 e. The SMILES string of the molecule is COc1cccc(C(=O)NC2CCN(C(=O)CCCOc3ccccc3C)CC2)c1. The monoisotopic (exact) mass is 410 g/mol. The van der Waals surface area contributed by atoms with E-state index in [9.17, 15) is 9.59 Å². The van der Waals surface area contributed by atoms with Gasteiger partial charge < -0.3 is 19.7 Å². The Morgan fingerprint density at radius 3 is 2.60 bits per heavy atom. The van der Waals surface area contributed by atoms with Gasteiger partial charge in [0.05, 0.1) is 13.7 Å². The van der Waals surface area contributed by atoms with E-state index in [4.69, 9.17) is 9.47 Å². The number of aryl methyl sites for hydroxylation is 1. The molecular formula is C24H30N2O4. The highest BCUT2D eigenvalue weighted by Gasteiger charge is 2.24. The zero-order valence-corrected chi connectivity index (χ0v) is 17.7. The molecule has 6 heteroatoms. The maximum absolute atomic E-state index is 12.5. The van der Waals surface area contributed by atoms with Crippen molar-refractivity contribution in [2.75, 3.05) is 26.8 Å². The standard InChI is InChI=1S/C24H30N2O4/c1-18-7-3-4-10-22(18)30-16-6-11-23(27)26-14-12-20(13-15-26)25-24(28)19-8-5-9-21(17-19)29-2/h3-5,7-10,17,20H,6,11-16H2,1-2H3,(H,25,28). The molecule has 6 nitrogen and oxygen atoms in total. The lowest BCUT2D eigenvalue weighted by Gasteiger charge is -2.32. The Balaban J connectivity index is 1.36. The average molecular weight is 411 g/mol. The highest BCUT2D eigenvalue weighted by molar-refractivity contribution is 5.94. The molecule has 1 aliphatic heterocycles. The fraction of sp³-hybridized carbons (Fsp3) is 0.417. The lowest BCUT2D eigenvalue weighted by molar-refractivity contribution is -0.132. The van der Waals surface area contributed by atoms with E-state index in [0.29, 0.717) is 43.9 Å². The summed E-state index contributed by atoms with van der Waals surface area (Å²) in [6.07, 6.45) is 2.70. The molecule has 1 aliphatic rings.